The number of benzene rings is 2. The van der Waals surface area contributed by atoms with E-state index in [0.717, 1.165) is 6.07 Å². The Balaban J connectivity index is 2.04. The van der Waals surface area contributed by atoms with E-state index >= 15 is 0 Å². The number of hydrogen-bond acceptors (Lipinski definition) is 6. The first-order valence-electron chi connectivity index (χ1n) is 7.31. The summed E-state index contributed by atoms with van der Waals surface area (Å²) in [5.41, 5.74) is 0.194. The van der Waals surface area contributed by atoms with Crippen LogP contribution in [0.5, 0.6) is 5.75 Å². The molecule has 2 aromatic carbocycles. The quantitative estimate of drug-likeness (QED) is 0.490. The Morgan fingerprint density at radius 1 is 1.16 bits per heavy atom. The average Bonchev–Trinajstić information content (AvgIpc) is 2.62. The Labute approximate surface area is 143 Å². The van der Waals surface area contributed by atoms with Gasteiger partial charge in [-0.15, -0.1) is 0 Å². The summed E-state index contributed by atoms with van der Waals surface area (Å²) in [7, 11) is 1.47. The molecular weight excluding hydrogens is 328 g/mol. The third kappa shape index (κ3) is 4.54. The number of para-hydroxylation sites is 2. The maximum absolute atomic E-state index is 12.2. The Hall–Kier alpha value is -3.42. The second-order valence-electron chi connectivity index (χ2n) is 5.04. The molecule has 0 heterocycles. The van der Waals surface area contributed by atoms with Gasteiger partial charge in [0, 0.05) is 12.1 Å². The lowest BCUT2D eigenvalue weighted by Crippen LogP contribution is -2.30. The summed E-state index contributed by atoms with van der Waals surface area (Å²) in [6, 6.07) is 11.9. The van der Waals surface area contributed by atoms with Gasteiger partial charge in [-0.3, -0.25) is 14.9 Å². The zero-order valence-electron chi connectivity index (χ0n) is 13.6. The van der Waals surface area contributed by atoms with Gasteiger partial charge in [0.15, 0.2) is 6.10 Å². The number of carbonyl (C=O) groups excluding carboxylic acids is 2. The number of nitro groups is 1. The van der Waals surface area contributed by atoms with Crippen LogP contribution in [-0.2, 0) is 9.53 Å². The van der Waals surface area contributed by atoms with Gasteiger partial charge in [-0.05, 0) is 25.1 Å². The summed E-state index contributed by atoms with van der Waals surface area (Å²) in [5.74, 6) is -0.914. The number of carbonyl (C=O) groups is 2. The second-order valence-corrected chi connectivity index (χ2v) is 5.04. The Bertz CT molecular complexity index is 805. The Kier molecular flexibility index (Phi) is 5.67. The van der Waals surface area contributed by atoms with Crippen LogP contribution in [0.4, 0.5) is 11.4 Å². The summed E-state index contributed by atoms with van der Waals surface area (Å²) in [6.07, 6.45) is -1.10. The van der Waals surface area contributed by atoms with Crippen LogP contribution in [0.15, 0.2) is 48.5 Å². The van der Waals surface area contributed by atoms with Crippen molar-refractivity contribution in [1.29, 1.82) is 0 Å². The number of nitrogens with one attached hydrogen (secondary N) is 1. The molecule has 2 rings (SSSR count). The van der Waals surface area contributed by atoms with Gasteiger partial charge in [-0.25, -0.2) is 4.79 Å². The topological polar surface area (TPSA) is 108 Å². The number of nitrogens with zero attached hydrogens (tertiary/aromatic N) is 1. The number of anilines is 1. The van der Waals surface area contributed by atoms with Crippen LogP contribution in [0.3, 0.4) is 0 Å². The molecule has 25 heavy (non-hydrogen) atoms. The second kappa shape index (κ2) is 7.91. The molecule has 0 aliphatic heterocycles. The van der Waals surface area contributed by atoms with E-state index in [-0.39, 0.29) is 11.3 Å². The molecule has 0 aliphatic carbocycles. The first kappa shape index (κ1) is 17.9. The number of nitro benzene ring substituents is 1. The minimum atomic E-state index is -1.10. The van der Waals surface area contributed by atoms with Crippen molar-refractivity contribution in [3.8, 4) is 5.75 Å². The highest BCUT2D eigenvalue weighted by molar-refractivity contribution is 5.98. The molecule has 1 amide bonds. The largest absolute Gasteiger partial charge is 0.495 e. The highest BCUT2D eigenvalue weighted by Crippen LogP contribution is 2.23. The number of esters is 1. The molecule has 0 bridgehead atoms. The van der Waals surface area contributed by atoms with Gasteiger partial charge >= 0.3 is 5.97 Å². The number of non-ortho nitro benzene ring substituents is 1. The molecule has 2 aromatic rings. The number of methoxy groups -OCH3 is 1. The highest BCUT2D eigenvalue weighted by atomic mass is 16.6. The van der Waals surface area contributed by atoms with Gasteiger partial charge in [-0.2, -0.15) is 0 Å². The smallest absolute Gasteiger partial charge is 0.339 e. The van der Waals surface area contributed by atoms with Crippen LogP contribution in [0, 0.1) is 10.1 Å². The van der Waals surface area contributed by atoms with Crippen LogP contribution >= 0.6 is 0 Å². The number of ether oxygens (including phenoxy) is 2. The van der Waals surface area contributed by atoms with Gasteiger partial charge in [0.05, 0.1) is 23.3 Å². The minimum Gasteiger partial charge on any atom is -0.495 e. The van der Waals surface area contributed by atoms with Gasteiger partial charge < -0.3 is 14.8 Å². The summed E-state index contributed by atoms with van der Waals surface area (Å²) >= 11 is 0. The molecule has 8 heteroatoms. The van der Waals surface area contributed by atoms with Gasteiger partial charge in [0.1, 0.15) is 5.75 Å². The first-order chi connectivity index (χ1) is 11.9. The van der Waals surface area contributed by atoms with Crippen LogP contribution in [-0.4, -0.2) is 30.0 Å². The molecule has 8 nitrogen and oxygen atoms in total. The maximum Gasteiger partial charge on any atom is 0.339 e. The first-order valence-corrected chi connectivity index (χ1v) is 7.31. The average molecular weight is 344 g/mol. The van der Waals surface area contributed by atoms with Crippen LogP contribution in [0.1, 0.15) is 17.3 Å². The van der Waals surface area contributed by atoms with Gasteiger partial charge in [0.25, 0.3) is 11.6 Å². The normalized spacial score (nSPS) is 11.3. The highest BCUT2D eigenvalue weighted by Gasteiger charge is 2.21. The lowest BCUT2D eigenvalue weighted by Gasteiger charge is -2.15. The van der Waals surface area contributed by atoms with E-state index in [0.29, 0.717) is 11.4 Å². The fourth-order valence-electron chi connectivity index (χ4n) is 2.01. The lowest BCUT2D eigenvalue weighted by atomic mass is 10.2. The molecule has 1 atom stereocenters. The van der Waals surface area contributed by atoms with Crippen molar-refractivity contribution in [2.75, 3.05) is 12.4 Å². The van der Waals surface area contributed by atoms with Gasteiger partial charge in [-0.1, -0.05) is 18.2 Å². The molecule has 0 spiro atoms. The molecule has 0 saturated carbocycles. The van der Waals surface area contributed by atoms with Crippen molar-refractivity contribution >= 4 is 23.3 Å². The van der Waals surface area contributed by atoms with E-state index in [1.54, 1.807) is 24.3 Å². The van der Waals surface area contributed by atoms with Crippen LogP contribution < -0.4 is 10.1 Å². The SMILES string of the molecule is COc1ccccc1NC(=O)[C@H](C)OC(=O)c1cccc([N+](=O)[O-])c1. The zero-order valence-corrected chi connectivity index (χ0v) is 13.6. The van der Waals surface area contributed by atoms with Gasteiger partial charge in [0.2, 0.25) is 0 Å². The number of rotatable bonds is 6. The molecule has 0 saturated heterocycles. The van der Waals surface area contributed by atoms with E-state index in [1.807, 2.05) is 0 Å². The van der Waals surface area contributed by atoms with E-state index in [2.05, 4.69) is 5.32 Å². The van der Waals surface area contributed by atoms with Crippen LogP contribution in [0.2, 0.25) is 0 Å². The van der Waals surface area contributed by atoms with E-state index < -0.39 is 22.9 Å². The molecule has 0 aliphatic rings. The van der Waals surface area contributed by atoms with Crippen molar-refractivity contribution < 1.29 is 24.0 Å². The molecule has 0 fully saturated rings. The Morgan fingerprint density at radius 2 is 1.88 bits per heavy atom. The van der Waals surface area contributed by atoms with E-state index in [1.165, 1.54) is 32.2 Å². The fraction of sp³-hybridized carbons (Fsp3) is 0.176. The minimum absolute atomic E-state index is 0.00820. The molecule has 1 N–H and O–H groups in total. The molecule has 0 unspecified atom stereocenters. The molecular formula is C17H16N2O6. The monoisotopic (exact) mass is 344 g/mol. The summed E-state index contributed by atoms with van der Waals surface area (Å²) in [4.78, 5) is 34.4. The van der Waals surface area contributed by atoms with Crippen molar-refractivity contribution in [2.45, 2.75) is 13.0 Å². The predicted molar refractivity (Wildman–Crippen MR) is 89.6 cm³/mol. The summed E-state index contributed by atoms with van der Waals surface area (Å²) in [5, 5.41) is 13.3. The van der Waals surface area contributed by atoms with E-state index in [4.69, 9.17) is 9.47 Å². The molecule has 0 aromatic heterocycles. The lowest BCUT2D eigenvalue weighted by molar-refractivity contribution is -0.384. The predicted octanol–water partition coefficient (Wildman–Crippen LogP) is 2.79. The zero-order chi connectivity index (χ0) is 18.4. The van der Waals surface area contributed by atoms with Crippen molar-refractivity contribution in [3.05, 3.63) is 64.2 Å². The van der Waals surface area contributed by atoms with Crippen molar-refractivity contribution in [1.82, 2.24) is 0 Å². The van der Waals surface area contributed by atoms with E-state index in [9.17, 15) is 19.7 Å². The Morgan fingerprint density at radius 3 is 2.56 bits per heavy atom. The van der Waals surface area contributed by atoms with Crippen molar-refractivity contribution in [2.24, 2.45) is 0 Å². The molecule has 130 valence electrons. The molecule has 0 radical (unpaired) electrons. The summed E-state index contributed by atoms with van der Waals surface area (Å²) < 4.78 is 10.2. The van der Waals surface area contributed by atoms with Crippen molar-refractivity contribution in [3.63, 3.8) is 0 Å². The van der Waals surface area contributed by atoms with Crippen LogP contribution in [0.25, 0.3) is 0 Å². The maximum atomic E-state index is 12.2. The third-order valence-corrected chi connectivity index (χ3v) is 3.31. The fourth-order valence-corrected chi connectivity index (χ4v) is 2.01. The number of amides is 1. The number of hydrogen-bond donors (Lipinski definition) is 1. The standard InChI is InChI=1S/C17H16N2O6/c1-11(16(20)18-14-8-3-4-9-15(14)24-2)25-17(21)12-6-5-7-13(10-12)19(22)23/h3-11H,1-2H3,(H,18,20)/t11-/m0/s1. The summed E-state index contributed by atoms with van der Waals surface area (Å²) in [6.45, 7) is 1.40. The third-order valence-electron chi connectivity index (χ3n) is 3.31.